The van der Waals surface area contributed by atoms with Gasteiger partial charge in [0, 0.05) is 5.54 Å². The molecule has 0 rings (SSSR count). The topological polar surface area (TPSA) is 32.3 Å². The van der Waals surface area contributed by atoms with Crippen molar-refractivity contribution in [3.05, 3.63) is 0 Å². The van der Waals surface area contributed by atoms with Gasteiger partial charge in [-0.25, -0.2) is 0 Å². The zero-order valence-corrected chi connectivity index (χ0v) is 13.3. The average molecular weight is 257 g/mol. The van der Waals surface area contributed by atoms with Crippen LogP contribution in [0.2, 0.25) is 0 Å². The molecule has 0 radical (unpaired) electrons. The molecule has 2 heteroatoms. The van der Waals surface area contributed by atoms with E-state index in [4.69, 9.17) is 0 Å². The summed E-state index contributed by atoms with van der Waals surface area (Å²) in [5.74, 6) is 0. The molecule has 0 aromatic rings. The van der Waals surface area contributed by atoms with Crippen LogP contribution in [0.4, 0.5) is 0 Å². The van der Waals surface area contributed by atoms with E-state index < -0.39 is 5.60 Å². The van der Waals surface area contributed by atoms with Crippen molar-refractivity contribution in [2.75, 3.05) is 6.54 Å². The smallest absolute Gasteiger partial charge is 0.0767 e. The quantitative estimate of drug-likeness (QED) is 0.542. The largest absolute Gasteiger partial charge is 0.389 e. The second-order valence-corrected chi connectivity index (χ2v) is 6.59. The van der Waals surface area contributed by atoms with E-state index in [1.54, 1.807) is 0 Å². The molecule has 18 heavy (non-hydrogen) atoms. The summed E-state index contributed by atoms with van der Waals surface area (Å²) in [7, 11) is 0. The zero-order valence-electron chi connectivity index (χ0n) is 13.3. The Morgan fingerprint density at radius 1 is 0.778 bits per heavy atom. The van der Waals surface area contributed by atoms with Crippen molar-refractivity contribution >= 4 is 0 Å². The lowest BCUT2D eigenvalue weighted by Crippen LogP contribution is -2.56. The third-order valence-corrected chi connectivity index (χ3v) is 4.13. The van der Waals surface area contributed by atoms with Crippen LogP contribution in [0.5, 0.6) is 0 Å². The van der Waals surface area contributed by atoms with Crippen LogP contribution in [0.3, 0.4) is 0 Å². The minimum absolute atomic E-state index is 0.214. The van der Waals surface area contributed by atoms with Gasteiger partial charge in [-0.15, -0.1) is 0 Å². The maximum absolute atomic E-state index is 10.0. The third-order valence-electron chi connectivity index (χ3n) is 4.13. The molecular weight excluding hydrogens is 222 g/mol. The minimum Gasteiger partial charge on any atom is -0.389 e. The first kappa shape index (κ1) is 17.9. The molecule has 0 unspecified atom stereocenters. The van der Waals surface area contributed by atoms with Crippen molar-refractivity contribution in [3.63, 3.8) is 0 Å². The Labute approximate surface area is 115 Å². The minimum atomic E-state index is -0.673. The zero-order chi connectivity index (χ0) is 14.1. The first-order valence-electron chi connectivity index (χ1n) is 7.78. The molecule has 0 saturated heterocycles. The van der Waals surface area contributed by atoms with Gasteiger partial charge in [-0.1, -0.05) is 51.9 Å². The van der Waals surface area contributed by atoms with Crippen molar-refractivity contribution in [2.24, 2.45) is 0 Å². The van der Waals surface area contributed by atoms with Gasteiger partial charge in [0.15, 0.2) is 0 Å². The number of nitrogens with one attached hydrogen (secondary N) is 1. The second-order valence-electron chi connectivity index (χ2n) is 6.59. The maximum atomic E-state index is 10.0. The molecule has 0 bridgehead atoms. The van der Waals surface area contributed by atoms with Crippen LogP contribution >= 0.6 is 0 Å². The molecule has 2 N–H and O–H groups in total. The SMILES string of the molecule is CCCCCCCCCCNC(C)(C)C(C)(C)O. The highest BCUT2D eigenvalue weighted by Crippen LogP contribution is 2.20. The molecule has 110 valence electrons. The maximum Gasteiger partial charge on any atom is 0.0767 e. The van der Waals surface area contributed by atoms with E-state index in [1.807, 2.05) is 13.8 Å². The average Bonchev–Trinajstić information content (AvgIpc) is 2.25. The molecule has 2 nitrogen and oxygen atoms in total. The fourth-order valence-electron chi connectivity index (χ4n) is 1.88. The van der Waals surface area contributed by atoms with E-state index in [1.165, 1.54) is 51.4 Å². The number of hydrogen-bond acceptors (Lipinski definition) is 2. The van der Waals surface area contributed by atoms with E-state index >= 15 is 0 Å². The molecule has 0 aliphatic heterocycles. The van der Waals surface area contributed by atoms with Crippen molar-refractivity contribution in [1.29, 1.82) is 0 Å². The molecule has 0 aromatic heterocycles. The lowest BCUT2D eigenvalue weighted by molar-refractivity contribution is -0.00442. The number of unbranched alkanes of at least 4 members (excludes halogenated alkanes) is 7. The predicted molar refractivity (Wildman–Crippen MR) is 81.0 cm³/mol. The first-order chi connectivity index (χ1) is 8.31. The lowest BCUT2D eigenvalue weighted by Gasteiger charge is -2.38. The number of aliphatic hydroxyl groups is 1. The Kier molecular flexibility index (Phi) is 8.89. The van der Waals surface area contributed by atoms with E-state index in [-0.39, 0.29) is 5.54 Å². The Morgan fingerprint density at radius 2 is 1.22 bits per heavy atom. The highest BCUT2D eigenvalue weighted by atomic mass is 16.3. The molecule has 0 saturated carbocycles. The predicted octanol–water partition coefficient (Wildman–Crippen LogP) is 4.27. The Bertz CT molecular complexity index is 194. The number of hydrogen-bond donors (Lipinski definition) is 2. The summed E-state index contributed by atoms with van der Waals surface area (Å²) in [6, 6.07) is 0. The molecule has 0 fully saturated rings. The van der Waals surface area contributed by atoms with E-state index in [0.717, 1.165) is 6.54 Å². The van der Waals surface area contributed by atoms with Gasteiger partial charge < -0.3 is 10.4 Å². The fourth-order valence-corrected chi connectivity index (χ4v) is 1.88. The fraction of sp³-hybridized carbons (Fsp3) is 1.00. The Balaban J connectivity index is 3.41. The van der Waals surface area contributed by atoms with Crippen LogP contribution in [0, 0.1) is 0 Å². The van der Waals surface area contributed by atoms with Crippen LogP contribution in [0.15, 0.2) is 0 Å². The number of rotatable bonds is 11. The highest BCUT2D eigenvalue weighted by molar-refractivity contribution is 4.93. The molecule has 0 heterocycles. The van der Waals surface area contributed by atoms with Crippen molar-refractivity contribution in [1.82, 2.24) is 5.32 Å². The summed E-state index contributed by atoms with van der Waals surface area (Å²) in [5, 5.41) is 13.5. The van der Waals surface area contributed by atoms with Crippen molar-refractivity contribution < 1.29 is 5.11 Å². The summed E-state index contributed by atoms with van der Waals surface area (Å²) in [4.78, 5) is 0. The molecular formula is C16H35NO. The molecule has 0 aliphatic rings. The standard InChI is InChI=1S/C16H35NO/c1-6-7-8-9-10-11-12-13-14-17-15(2,3)16(4,5)18/h17-18H,6-14H2,1-5H3. The lowest BCUT2D eigenvalue weighted by atomic mass is 9.86. The van der Waals surface area contributed by atoms with Gasteiger partial charge in [-0.3, -0.25) is 0 Å². The third kappa shape index (κ3) is 8.10. The normalized spacial score (nSPS) is 13.0. The van der Waals surface area contributed by atoms with E-state index in [0.29, 0.717) is 0 Å². The van der Waals surface area contributed by atoms with Crippen LogP contribution in [-0.2, 0) is 0 Å². The van der Waals surface area contributed by atoms with Crippen LogP contribution in [0.1, 0.15) is 86.0 Å². The van der Waals surface area contributed by atoms with Gasteiger partial charge in [-0.05, 0) is 40.7 Å². The molecule has 0 atom stereocenters. The summed E-state index contributed by atoms with van der Waals surface area (Å²) >= 11 is 0. The van der Waals surface area contributed by atoms with Crippen molar-refractivity contribution in [3.8, 4) is 0 Å². The summed E-state index contributed by atoms with van der Waals surface area (Å²) < 4.78 is 0. The van der Waals surface area contributed by atoms with Gasteiger partial charge in [0.05, 0.1) is 5.60 Å². The second kappa shape index (κ2) is 8.92. The van der Waals surface area contributed by atoms with Gasteiger partial charge in [-0.2, -0.15) is 0 Å². The monoisotopic (exact) mass is 257 g/mol. The summed E-state index contributed by atoms with van der Waals surface area (Å²) in [6.45, 7) is 11.1. The highest BCUT2D eigenvalue weighted by Gasteiger charge is 2.33. The van der Waals surface area contributed by atoms with Gasteiger partial charge in [0.25, 0.3) is 0 Å². The van der Waals surface area contributed by atoms with E-state index in [2.05, 4.69) is 26.1 Å². The molecule has 0 amide bonds. The van der Waals surface area contributed by atoms with Gasteiger partial charge in [0.1, 0.15) is 0 Å². The van der Waals surface area contributed by atoms with Gasteiger partial charge >= 0.3 is 0 Å². The van der Waals surface area contributed by atoms with Crippen molar-refractivity contribution in [2.45, 2.75) is 97.1 Å². The molecule has 0 aliphatic carbocycles. The summed E-state index contributed by atoms with van der Waals surface area (Å²) in [6.07, 6.45) is 10.8. The van der Waals surface area contributed by atoms with Crippen LogP contribution < -0.4 is 5.32 Å². The Morgan fingerprint density at radius 3 is 1.67 bits per heavy atom. The van der Waals surface area contributed by atoms with Gasteiger partial charge in [0.2, 0.25) is 0 Å². The summed E-state index contributed by atoms with van der Waals surface area (Å²) in [5.41, 5.74) is -0.888. The molecule has 0 spiro atoms. The first-order valence-corrected chi connectivity index (χ1v) is 7.78. The molecule has 0 aromatic carbocycles. The van der Waals surface area contributed by atoms with Crippen LogP contribution in [0.25, 0.3) is 0 Å². The Hall–Kier alpha value is -0.0800. The van der Waals surface area contributed by atoms with Crippen LogP contribution in [-0.4, -0.2) is 22.8 Å². The van der Waals surface area contributed by atoms with E-state index in [9.17, 15) is 5.11 Å².